The summed E-state index contributed by atoms with van der Waals surface area (Å²) in [5.74, 6) is -0.500. The van der Waals surface area contributed by atoms with Crippen LogP contribution < -0.4 is 0 Å². The summed E-state index contributed by atoms with van der Waals surface area (Å²) < 4.78 is 5.42. The van der Waals surface area contributed by atoms with E-state index in [-0.39, 0.29) is 23.6 Å². The van der Waals surface area contributed by atoms with Crippen molar-refractivity contribution in [2.75, 3.05) is 0 Å². The van der Waals surface area contributed by atoms with E-state index in [1.54, 1.807) is 0 Å². The van der Waals surface area contributed by atoms with Gasteiger partial charge in [-0.2, -0.15) is 0 Å². The first-order valence-electron chi connectivity index (χ1n) is 8.26. The molecule has 0 aliphatic heterocycles. The molecule has 0 bridgehead atoms. The molecule has 0 amide bonds. The Morgan fingerprint density at radius 2 is 1.52 bits per heavy atom. The number of ether oxygens (including phenoxy) is 1. The van der Waals surface area contributed by atoms with Gasteiger partial charge in [-0.1, -0.05) is 31.5 Å². The Kier molecular flexibility index (Phi) is 6.15. The van der Waals surface area contributed by atoms with E-state index in [1.807, 2.05) is 67.5 Å². The lowest BCUT2D eigenvalue weighted by molar-refractivity contribution is -0.161. The molecule has 0 N–H and O–H groups in total. The highest BCUT2D eigenvalue weighted by molar-refractivity contribution is 5.99. The minimum atomic E-state index is -0.501. The molecule has 0 spiro atoms. The van der Waals surface area contributed by atoms with Crippen LogP contribution in [0.2, 0.25) is 0 Å². The van der Waals surface area contributed by atoms with Crippen molar-refractivity contribution in [3.63, 3.8) is 0 Å². The second-order valence-corrected chi connectivity index (χ2v) is 7.70. The molecule has 0 aliphatic carbocycles. The molecule has 128 valence electrons. The normalized spacial score (nSPS) is 14.3. The molecule has 1 aromatic rings. The number of hydrogen-bond donors (Lipinski definition) is 0. The Labute approximate surface area is 140 Å². The van der Waals surface area contributed by atoms with Gasteiger partial charge in [-0.3, -0.25) is 9.59 Å². The third kappa shape index (κ3) is 5.49. The molecule has 0 unspecified atom stereocenters. The number of Topliss-reactive ketones (excluding diaryl/α,β-unsaturated/α-hetero) is 1. The molecule has 0 fully saturated rings. The fourth-order valence-electron chi connectivity index (χ4n) is 2.82. The fourth-order valence-corrected chi connectivity index (χ4v) is 2.82. The van der Waals surface area contributed by atoms with Crippen LogP contribution in [0.1, 0.15) is 68.1 Å². The molecule has 1 aromatic carbocycles. The highest BCUT2D eigenvalue weighted by Crippen LogP contribution is 2.24. The summed E-state index contributed by atoms with van der Waals surface area (Å²) >= 11 is 0. The van der Waals surface area contributed by atoms with Gasteiger partial charge in [0.05, 0.1) is 5.92 Å². The summed E-state index contributed by atoms with van der Waals surface area (Å²) in [4.78, 5) is 24.8. The summed E-state index contributed by atoms with van der Waals surface area (Å²) in [5, 5.41) is 0. The Hall–Kier alpha value is -1.64. The van der Waals surface area contributed by atoms with Crippen LogP contribution in [0.25, 0.3) is 0 Å². The monoisotopic (exact) mass is 318 g/mol. The number of carbonyl (C=O) groups excluding carboxylic acids is 2. The molecule has 0 saturated heterocycles. The largest absolute Gasteiger partial charge is 0.460 e. The van der Waals surface area contributed by atoms with Crippen molar-refractivity contribution in [2.45, 2.75) is 67.4 Å². The SMILES string of the molecule is Cc1cc(C)c(C(=O)C[C@@H](C)[C@H](C)C(=O)OC(C)(C)C)c(C)c1. The van der Waals surface area contributed by atoms with Crippen LogP contribution in [0.4, 0.5) is 0 Å². The van der Waals surface area contributed by atoms with Gasteiger partial charge in [-0.15, -0.1) is 0 Å². The number of aryl methyl sites for hydroxylation is 3. The van der Waals surface area contributed by atoms with Gasteiger partial charge < -0.3 is 4.74 Å². The van der Waals surface area contributed by atoms with Crippen molar-refractivity contribution in [1.82, 2.24) is 0 Å². The molecular weight excluding hydrogens is 288 g/mol. The van der Waals surface area contributed by atoms with E-state index < -0.39 is 5.60 Å². The van der Waals surface area contributed by atoms with Crippen LogP contribution >= 0.6 is 0 Å². The summed E-state index contributed by atoms with van der Waals surface area (Å²) in [5.41, 5.74) is 3.46. The third-order valence-corrected chi connectivity index (χ3v) is 4.10. The van der Waals surface area contributed by atoms with Crippen LogP contribution in [-0.2, 0) is 9.53 Å². The van der Waals surface area contributed by atoms with Crippen LogP contribution in [0.3, 0.4) is 0 Å². The zero-order chi connectivity index (χ0) is 17.9. The van der Waals surface area contributed by atoms with Crippen molar-refractivity contribution in [1.29, 1.82) is 0 Å². The lowest BCUT2D eigenvalue weighted by Crippen LogP contribution is -2.31. The van der Waals surface area contributed by atoms with Gasteiger partial charge in [0.1, 0.15) is 5.60 Å². The first-order chi connectivity index (χ1) is 10.4. The highest BCUT2D eigenvalue weighted by atomic mass is 16.6. The maximum absolute atomic E-state index is 12.7. The molecule has 2 atom stereocenters. The summed E-state index contributed by atoms with van der Waals surface area (Å²) in [7, 11) is 0. The van der Waals surface area contributed by atoms with E-state index in [4.69, 9.17) is 4.74 Å². The van der Waals surface area contributed by atoms with E-state index in [2.05, 4.69) is 0 Å². The number of carbonyl (C=O) groups is 2. The van der Waals surface area contributed by atoms with Gasteiger partial charge in [0, 0.05) is 12.0 Å². The summed E-state index contributed by atoms with van der Waals surface area (Å²) in [6.07, 6.45) is 0.352. The third-order valence-electron chi connectivity index (χ3n) is 4.10. The van der Waals surface area contributed by atoms with Crippen molar-refractivity contribution in [3.05, 3.63) is 34.4 Å². The smallest absolute Gasteiger partial charge is 0.309 e. The van der Waals surface area contributed by atoms with Crippen molar-refractivity contribution in [2.24, 2.45) is 11.8 Å². The highest BCUT2D eigenvalue weighted by Gasteiger charge is 2.28. The Morgan fingerprint density at radius 3 is 1.96 bits per heavy atom. The Morgan fingerprint density at radius 1 is 1.04 bits per heavy atom. The second kappa shape index (κ2) is 7.29. The number of benzene rings is 1. The van der Waals surface area contributed by atoms with Crippen molar-refractivity contribution >= 4 is 11.8 Å². The zero-order valence-electron chi connectivity index (χ0n) is 15.7. The molecule has 0 saturated carbocycles. The molecule has 0 aliphatic rings. The first-order valence-corrected chi connectivity index (χ1v) is 8.26. The lowest BCUT2D eigenvalue weighted by Gasteiger charge is -2.25. The second-order valence-electron chi connectivity index (χ2n) is 7.70. The van der Waals surface area contributed by atoms with Gasteiger partial charge in [0.15, 0.2) is 5.78 Å². The predicted molar refractivity (Wildman–Crippen MR) is 93.8 cm³/mol. The predicted octanol–water partition coefficient (Wildman–Crippen LogP) is 4.80. The van der Waals surface area contributed by atoms with E-state index in [0.717, 1.165) is 22.3 Å². The molecule has 23 heavy (non-hydrogen) atoms. The fraction of sp³-hybridized carbons (Fsp3) is 0.600. The minimum absolute atomic E-state index is 0.0579. The maximum atomic E-state index is 12.7. The van der Waals surface area contributed by atoms with Crippen LogP contribution in [0.5, 0.6) is 0 Å². The molecule has 1 rings (SSSR count). The number of ketones is 1. The van der Waals surface area contributed by atoms with Crippen LogP contribution in [0.15, 0.2) is 12.1 Å². The van der Waals surface area contributed by atoms with Crippen molar-refractivity contribution < 1.29 is 14.3 Å². The first kappa shape index (κ1) is 19.4. The topological polar surface area (TPSA) is 43.4 Å². The average Bonchev–Trinajstić information content (AvgIpc) is 2.34. The van der Waals surface area contributed by atoms with Gasteiger partial charge in [0.2, 0.25) is 0 Å². The Bertz CT molecular complexity index is 570. The number of hydrogen-bond acceptors (Lipinski definition) is 3. The van der Waals surface area contributed by atoms with Crippen LogP contribution in [0, 0.1) is 32.6 Å². The molecule has 0 aromatic heterocycles. The van der Waals surface area contributed by atoms with Gasteiger partial charge in [0.25, 0.3) is 0 Å². The van der Waals surface area contributed by atoms with E-state index in [1.165, 1.54) is 0 Å². The lowest BCUT2D eigenvalue weighted by atomic mass is 9.86. The Balaban J connectivity index is 2.83. The summed E-state index contributed by atoms with van der Waals surface area (Å²) in [6.45, 7) is 15.3. The molecule has 0 radical (unpaired) electrons. The quantitative estimate of drug-likeness (QED) is 0.578. The number of esters is 1. The van der Waals surface area contributed by atoms with Gasteiger partial charge in [-0.25, -0.2) is 0 Å². The molecule has 3 nitrogen and oxygen atoms in total. The average molecular weight is 318 g/mol. The van der Waals surface area contributed by atoms with Gasteiger partial charge in [-0.05, 0) is 58.6 Å². The molecule has 0 heterocycles. The molecular formula is C20H30O3. The van der Waals surface area contributed by atoms with E-state index >= 15 is 0 Å². The van der Waals surface area contributed by atoms with E-state index in [0.29, 0.717) is 6.42 Å². The standard InChI is InChI=1S/C20H30O3/c1-12-9-14(3)18(15(4)10-12)17(21)11-13(2)16(5)19(22)23-20(6,7)8/h9-10,13,16H,11H2,1-8H3/t13-,16+/m1/s1. The van der Waals surface area contributed by atoms with Crippen LogP contribution in [-0.4, -0.2) is 17.4 Å². The molecule has 3 heteroatoms. The number of rotatable bonds is 5. The van der Waals surface area contributed by atoms with Gasteiger partial charge >= 0.3 is 5.97 Å². The van der Waals surface area contributed by atoms with E-state index in [9.17, 15) is 9.59 Å². The van der Waals surface area contributed by atoms with Crippen molar-refractivity contribution in [3.8, 4) is 0 Å². The minimum Gasteiger partial charge on any atom is -0.460 e. The maximum Gasteiger partial charge on any atom is 0.309 e. The summed E-state index contributed by atoms with van der Waals surface area (Å²) in [6, 6.07) is 4.06. The zero-order valence-corrected chi connectivity index (χ0v) is 15.7.